The summed E-state index contributed by atoms with van der Waals surface area (Å²) in [6, 6.07) is 2.14. The number of hydrogen-bond acceptors (Lipinski definition) is 6. The Morgan fingerprint density at radius 2 is 2.12 bits per heavy atom. The molecule has 8 heteroatoms. The summed E-state index contributed by atoms with van der Waals surface area (Å²) in [7, 11) is 0. The Bertz CT molecular complexity index is 685. The number of hydrogen-bond donors (Lipinski definition) is 1. The second-order valence-electron chi connectivity index (χ2n) is 6.25. The van der Waals surface area contributed by atoms with Crippen LogP contribution in [0.25, 0.3) is 0 Å². The van der Waals surface area contributed by atoms with E-state index in [-0.39, 0.29) is 18.1 Å². The van der Waals surface area contributed by atoms with Crippen LogP contribution in [0.1, 0.15) is 36.4 Å². The molecule has 25 heavy (non-hydrogen) atoms. The number of nitrogens with zero attached hydrogens (tertiary/aromatic N) is 4. The molecule has 1 N–H and O–H groups in total. The third-order valence-electron chi connectivity index (χ3n) is 4.16. The van der Waals surface area contributed by atoms with Gasteiger partial charge in [-0.1, -0.05) is 6.92 Å². The van der Waals surface area contributed by atoms with Gasteiger partial charge in [0.1, 0.15) is 6.10 Å². The predicted molar refractivity (Wildman–Crippen MR) is 95.9 cm³/mol. The highest BCUT2D eigenvalue weighted by molar-refractivity contribution is 7.09. The smallest absolute Gasteiger partial charge is 0.317 e. The number of carbonyl (C=O) groups excluding carboxylic acids is 1. The molecule has 7 nitrogen and oxygen atoms in total. The number of aryl methyl sites for hydroxylation is 1. The molecular formula is C17H23N5O2S. The molecule has 0 aliphatic carbocycles. The number of aromatic nitrogens is 3. The van der Waals surface area contributed by atoms with E-state index in [1.165, 1.54) is 0 Å². The van der Waals surface area contributed by atoms with Crippen LogP contribution >= 0.6 is 11.3 Å². The molecule has 1 saturated heterocycles. The molecule has 0 aromatic carbocycles. The third-order valence-corrected chi connectivity index (χ3v) is 5.36. The topological polar surface area (TPSA) is 80.2 Å². The van der Waals surface area contributed by atoms with E-state index in [4.69, 9.17) is 4.74 Å². The molecule has 0 unspecified atom stereocenters. The van der Waals surface area contributed by atoms with Gasteiger partial charge in [0.25, 0.3) is 0 Å². The molecule has 2 aromatic rings. The maximum absolute atomic E-state index is 12.3. The highest BCUT2D eigenvalue weighted by Crippen LogP contribution is 2.19. The SMILES string of the molecule is Cc1csc([C@@H](C)CNC(=O)N2CCC(Oc3ncccn3)CC2)n1. The first-order valence-corrected chi connectivity index (χ1v) is 9.38. The summed E-state index contributed by atoms with van der Waals surface area (Å²) in [5.41, 5.74) is 1.03. The minimum Gasteiger partial charge on any atom is -0.460 e. The van der Waals surface area contributed by atoms with Gasteiger partial charge in [0, 0.05) is 61.9 Å². The zero-order valence-corrected chi connectivity index (χ0v) is 15.3. The van der Waals surface area contributed by atoms with Crippen LogP contribution in [0.5, 0.6) is 6.01 Å². The molecule has 0 saturated carbocycles. The van der Waals surface area contributed by atoms with E-state index < -0.39 is 0 Å². The van der Waals surface area contributed by atoms with Crippen LogP contribution in [0.4, 0.5) is 4.79 Å². The number of likely N-dealkylation sites (tertiary alicyclic amines) is 1. The lowest BCUT2D eigenvalue weighted by Gasteiger charge is -2.31. The van der Waals surface area contributed by atoms with Crippen molar-refractivity contribution in [3.05, 3.63) is 34.5 Å². The van der Waals surface area contributed by atoms with Crippen LogP contribution in [0.15, 0.2) is 23.8 Å². The van der Waals surface area contributed by atoms with Gasteiger partial charge in [-0.15, -0.1) is 11.3 Å². The number of urea groups is 1. The summed E-state index contributed by atoms with van der Waals surface area (Å²) in [5.74, 6) is 0.221. The first-order valence-electron chi connectivity index (χ1n) is 8.50. The molecule has 134 valence electrons. The maximum Gasteiger partial charge on any atom is 0.317 e. The highest BCUT2D eigenvalue weighted by Gasteiger charge is 2.24. The van der Waals surface area contributed by atoms with Gasteiger partial charge in [-0.2, -0.15) is 0 Å². The van der Waals surface area contributed by atoms with Gasteiger partial charge in [-0.25, -0.2) is 19.7 Å². The molecule has 1 aliphatic heterocycles. The minimum absolute atomic E-state index is 0.0189. The standard InChI is InChI=1S/C17H23N5O2S/c1-12(15-21-13(2)11-25-15)10-20-17(23)22-8-4-14(5-9-22)24-16-18-6-3-7-19-16/h3,6-7,11-12,14H,4-5,8-10H2,1-2H3,(H,20,23)/t12-/m0/s1. The molecule has 0 radical (unpaired) electrons. The zero-order valence-electron chi connectivity index (χ0n) is 14.5. The van der Waals surface area contributed by atoms with E-state index in [1.54, 1.807) is 29.8 Å². The second kappa shape index (κ2) is 8.24. The van der Waals surface area contributed by atoms with Gasteiger partial charge >= 0.3 is 12.0 Å². The molecule has 1 fully saturated rings. The van der Waals surface area contributed by atoms with Crippen molar-refractivity contribution in [2.75, 3.05) is 19.6 Å². The zero-order chi connectivity index (χ0) is 17.6. The van der Waals surface area contributed by atoms with Gasteiger partial charge in [0.15, 0.2) is 0 Å². The number of thiazole rings is 1. The molecule has 2 aromatic heterocycles. The molecule has 2 amide bonds. The highest BCUT2D eigenvalue weighted by atomic mass is 32.1. The fraction of sp³-hybridized carbons (Fsp3) is 0.529. The third kappa shape index (κ3) is 4.88. The Kier molecular flexibility index (Phi) is 5.80. The van der Waals surface area contributed by atoms with E-state index in [9.17, 15) is 4.79 Å². The maximum atomic E-state index is 12.3. The summed E-state index contributed by atoms with van der Waals surface area (Å²) >= 11 is 1.64. The molecule has 0 bridgehead atoms. The van der Waals surface area contributed by atoms with Gasteiger partial charge in [-0.05, 0) is 13.0 Å². The average Bonchev–Trinajstić information content (AvgIpc) is 3.07. The minimum atomic E-state index is -0.0189. The van der Waals surface area contributed by atoms with Crippen molar-refractivity contribution in [1.29, 1.82) is 0 Å². The summed E-state index contributed by atoms with van der Waals surface area (Å²) in [4.78, 5) is 26.8. The first-order chi connectivity index (χ1) is 12.1. The number of nitrogens with one attached hydrogen (secondary N) is 1. The quantitative estimate of drug-likeness (QED) is 0.885. The van der Waals surface area contributed by atoms with Crippen LogP contribution in [0.3, 0.4) is 0 Å². The predicted octanol–water partition coefficient (Wildman–Crippen LogP) is 2.60. The van der Waals surface area contributed by atoms with Crippen LogP contribution in [0, 0.1) is 6.92 Å². The molecule has 3 heterocycles. The number of amides is 2. The Hall–Kier alpha value is -2.22. The first kappa shape index (κ1) is 17.6. The van der Waals surface area contributed by atoms with Crippen molar-refractivity contribution in [2.24, 2.45) is 0 Å². The van der Waals surface area contributed by atoms with Crippen molar-refractivity contribution in [3.8, 4) is 6.01 Å². The van der Waals surface area contributed by atoms with Gasteiger partial charge < -0.3 is 15.0 Å². The number of ether oxygens (including phenoxy) is 1. The van der Waals surface area contributed by atoms with E-state index >= 15 is 0 Å². The average molecular weight is 361 g/mol. The number of piperidine rings is 1. The van der Waals surface area contributed by atoms with Crippen molar-refractivity contribution >= 4 is 17.4 Å². The van der Waals surface area contributed by atoms with Crippen molar-refractivity contribution < 1.29 is 9.53 Å². The van der Waals surface area contributed by atoms with Gasteiger partial charge in [0.2, 0.25) is 0 Å². The fourth-order valence-electron chi connectivity index (χ4n) is 2.71. The normalized spacial score (nSPS) is 16.5. The molecule has 1 aliphatic rings. The van der Waals surface area contributed by atoms with Crippen LogP contribution in [-0.4, -0.2) is 51.6 Å². The Morgan fingerprint density at radius 3 is 2.76 bits per heavy atom. The summed E-state index contributed by atoms with van der Waals surface area (Å²) in [5, 5.41) is 6.11. The second-order valence-corrected chi connectivity index (χ2v) is 7.14. The summed E-state index contributed by atoms with van der Waals surface area (Å²) in [6.07, 6.45) is 4.95. The van der Waals surface area contributed by atoms with Crippen LogP contribution in [0.2, 0.25) is 0 Å². The summed E-state index contributed by atoms with van der Waals surface area (Å²) < 4.78 is 5.75. The Morgan fingerprint density at radius 1 is 1.40 bits per heavy atom. The Labute approximate surface area is 151 Å². The lowest BCUT2D eigenvalue weighted by molar-refractivity contribution is 0.103. The monoisotopic (exact) mass is 361 g/mol. The fourth-order valence-corrected chi connectivity index (χ4v) is 3.57. The number of rotatable bonds is 5. The molecule has 1 atom stereocenters. The van der Waals surface area contributed by atoms with Crippen LogP contribution < -0.4 is 10.1 Å². The van der Waals surface area contributed by atoms with Crippen molar-refractivity contribution in [2.45, 2.75) is 38.7 Å². The van der Waals surface area contributed by atoms with Crippen LogP contribution in [-0.2, 0) is 0 Å². The van der Waals surface area contributed by atoms with Crippen molar-refractivity contribution in [3.63, 3.8) is 0 Å². The summed E-state index contributed by atoms with van der Waals surface area (Å²) in [6.45, 7) is 6.01. The van der Waals surface area contributed by atoms with Crippen molar-refractivity contribution in [1.82, 2.24) is 25.2 Å². The lowest BCUT2D eigenvalue weighted by atomic mass is 10.1. The lowest BCUT2D eigenvalue weighted by Crippen LogP contribution is -2.47. The largest absolute Gasteiger partial charge is 0.460 e. The molecule has 3 rings (SSSR count). The van der Waals surface area contributed by atoms with E-state index in [1.807, 2.05) is 17.2 Å². The van der Waals surface area contributed by atoms with E-state index in [0.29, 0.717) is 25.6 Å². The van der Waals surface area contributed by atoms with E-state index in [2.05, 4.69) is 27.2 Å². The number of carbonyl (C=O) groups is 1. The Balaban J connectivity index is 1.41. The molecular weight excluding hydrogens is 338 g/mol. The molecule has 0 spiro atoms. The van der Waals surface area contributed by atoms with Gasteiger partial charge in [-0.3, -0.25) is 0 Å². The van der Waals surface area contributed by atoms with E-state index in [0.717, 1.165) is 23.5 Å². The van der Waals surface area contributed by atoms with Gasteiger partial charge in [0.05, 0.1) is 5.01 Å².